The molecule has 2 aromatic carbocycles. The minimum absolute atomic E-state index is 0.0431. The number of anilines is 1. The number of aromatic nitrogens is 2. The monoisotopic (exact) mass is 392 g/mol. The van der Waals surface area contributed by atoms with Crippen LogP contribution in [0.15, 0.2) is 36.4 Å². The van der Waals surface area contributed by atoms with Crippen molar-refractivity contribution in [2.75, 3.05) is 5.32 Å². The zero-order valence-corrected chi connectivity index (χ0v) is 15.8. The number of amides is 2. The number of aromatic amines is 1. The van der Waals surface area contributed by atoms with Gasteiger partial charge in [0, 0.05) is 17.5 Å². The number of carbonyl (C=O) groups excluding carboxylic acids is 1. The molecule has 1 aromatic heterocycles. The molecule has 3 aromatic rings. The lowest BCUT2D eigenvalue weighted by molar-refractivity contribution is 0.250. The minimum atomic E-state index is -0.298. The zero-order valence-electron chi connectivity index (χ0n) is 14.3. The lowest BCUT2D eigenvalue weighted by Crippen LogP contribution is -2.34. The van der Waals surface area contributed by atoms with Gasteiger partial charge in [0.25, 0.3) is 0 Å². The van der Waals surface area contributed by atoms with Crippen molar-refractivity contribution >= 4 is 46.0 Å². The average molecular weight is 393 g/mol. The topological polar surface area (TPSA) is 79.0 Å². The van der Waals surface area contributed by atoms with Crippen molar-refractivity contribution in [3.05, 3.63) is 52.0 Å². The standard InChI is InChI=1S/C18H18Cl2N4O2/c1-10(2)21-18(25)22-17-13-5-4-12(8-16(13)23-24-17)26-9-11-3-6-14(19)15(20)7-11/h3-8,10H,9H2,1-2H3,(H3,21,22,23,24,25). The molecule has 0 aliphatic rings. The molecular weight excluding hydrogens is 375 g/mol. The molecule has 0 spiro atoms. The van der Waals surface area contributed by atoms with E-state index in [4.69, 9.17) is 27.9 Å². The Bertz CT molecular complexity index is 940. The third-order valence-corrected chi connectivity index (χ3v) is 4.31. The molecular formula is C18H18Cl2N4O2. The molecule has 1 heterocycles. The maximum absolute atomic E-state index is 11.8. The molecule has 0 aliphatic carbocycles. The summed E-state index contributed by atoms with van der Waals surface area (Å²) in [5.74, 6) is 1.14. The quantitative estimate of drug-likeness (QED) is 0.572. The third-order valence-electron chi connectivity index (χ3n) is 3.58. The van der Waals surface area contributed by atoms with Crippen LogP contribution in [0.2, 0.25) is 10.0 Å². The normalized spacial score (nSPS) is 11.0. The lowest BCUT2D eigenvalue weighted by Gasteiger charge is -2.09. The molecule has 0 bridgehead atoms. The van der Waals surface area contributed by atoms with Crippen LogP contribution in [0.4, 0.5) is 10.6 Å². The number of fused-ring (bicyclic) bond motifs is 1. The smallest absolute Gasteiger partial charge is 0.320 e. The Hall–Kier alpha value is -2.44. The molecule has 0 saturated heterocycles. The molecule has 3 N–H and O–H groups in total. The van der Waals surface area contributed by atoms with Gasteiger partial charge in [0.05, 0.1) is 15.6 Å². The maximum Gasteiger partial charge on any atom is 0.320 e. The van der Waals surface area contributed by atoms with Gasteiger partial charge >= 0.3 is 6.03 Å². The molecule has 0 radical (unpaired) electrons. The third kappa shape index (κ3) is 4.39. The van der Waals surface area contributed by atoms with Gasteiger partial charge in [0.1, 0.15) is 12.4 Å². The van der Waals surface area contributed by atoms with Crippen LogP contribution in [0.3, 0.4) is 0 Å². The van der Waals surface area contributed by atoms with Crippen molar-refractivity contribution in [2.24, 2.45) is 0 Å². The summed E-state index contributed by atoms with van der Waals surface area (Å²) in [5.41, 5.74) is 1.67. The number of benzene rings is 2. The van der Waals surface area contributed by atoms with E-state index in [0.29, 0.717) is 28.2 Å². The number of nitrogens with one attached hydrogen (secondary N) is 3. The number of urea groups is 1. The Balaban J connectivity index is 1.69. The van der Waals surface area contributed by atoms with E-state index >= 15 is 0 Å². The molecule has 2 amide bonds. The van der Waals surface area contributed by atoms with E-state index in [1.54, 1.807) is 12.1 Å². The predicted octanol–water partition coefficient (Wildman–Crippen LogP) is 4.98. The summed E-state index contributed by atoms with van der Waals surface area (Å²) < 4.78 is 5.79. The van der Waals surface area contributed by atoms with E-state index in [0.717, 1.165) is 16.5 Å². The van der Waals surface area contributed by atoms with Gasteiger partial charge in [-0.05, 0) is 43.7 Å². The molecule has 0 saturated carbocycles. The first-order valence-electron chi connectivity index (χ1n) is 8.05. The van der Waals surface area contributed by atoms with Crippen LogP contribution < -0.4 is 15.4 Å². The molecule has 0 aliphatic heterocycles. The van der Waals surface area contributed by atoms with Crippen LogP contribution in [0.5, 0.6) is 5.75 Å². The second kappa shape index (κ2) is 7.85. The highest BCUT2D eigenvalue weighted by molar-refractivity contribution is 6.42. The lowest BCUT2D eigenvalue weighted by atomic mass is 10.2. The van der Waals surface area contributed by atoms with Crippen LogP contribution in [0.25, 0.3) is 10.9 Å². The van der Waals surface area contributed by atoms with Crippen molar-refractivity contribution in [3.63, 3.8) is 0 Å². The van der Waals surface area contributed by atoms with Gasteiger partial charge in [-0.2, -0.15) is 5.10 Å². The number of rotatable bonds is 5. The van der Waals surface area contributed by atoms with Crippen molar-refractivity contribution < 1.29 is 9.53 Å². The highest BCUT2D eigenvalue weighted by Gasteiger charge is 2.11. The SMILES string of the molecule is CC(C)NC(=O)Nc1n[nH]c2cc(OCc3ccc(Cl)c(Cl)c3)ccc12. The first-order chi connectivity index (χ1) is 12.4. The minimum Gasteiger partial charge on any atom is -0.489 e. The van der Waals surface area contributed by atoms with E-state index in [1.807, 2.05) is 38.1 Å². The Morgan fingerprint density at radius 2 is 2.00 bits per heavy atom. The van der Waals surface area contributed by atoms with Crippen molar-refractivity contribution in [1.29, 1.82) is 0 Å². The first-order valence-corrected chi connectivity index (χ1v) is 8.80. The number of ether oxygens (including phenoxy) is 1. The Morgan fingerprint density at radius 3 is 2.73 bits per heavy atom. The number of halogens is 2. The fraction of sp³-hybridized carbons (Fsp3) is 0.222. The summed E-state index contributed by atoms with van der Waals surface area (Å²) in [7, 11) is 0. The van der Waals surface area contributed by atoms with Gasteiger partial charge in [-0.15, -0.1) is 0 Å². The molecule has 0 fully saturated rings. The molecule has 3 rings (SSSR count). The molecule has 0 atom stereocenters. The number of carbonyl (C=O) groups is 1. The van der Waals surface area contributed by atoms with Crippen LogP contribution in [-0.4, -0.2) is 22.3 Å². The molecule has 6 nitrogen and oxygen atoms in total. The number of hydrogen-bond acceptors (Lipinski definition) is 3. The van der Waals surface area contributed by atoms with Gasteiger partial charge in [0.2, 0.25) is 0 Å². The van der Waals surface area contributed by atoms with Crippen molar-refractivity contribution in [2.45, 2.75) is 26.5 Å². The number of nitrogens with zero attached hydrogens (tertiary/aromatic N) is 1. The van der Waals surface area contributed by atoms with Crippen LogP contribution in [0.1, 0.15) is 19.4 Å². The zero-order chi connectivity index (χ0) is 18.7. The van der Waals surface area contributed by atoms with Crippen LogP contribution in [0, 0.1) is 0 Å². The van der Waals surface area contributed by atoms with Crippen molar-refractivity contribution in [1.82, 2.24) is 15.5 Å². The molecule has 26 heavy (non-hydrogen) atoms. The summed E-state index contributed by atoms with van der Waals surface area (Å²) in [5, 5.41) is 14.3. The summed E-state index contributed by atoms with van der Waals surface area (Å²) >= 11 is 11.9. The summed E-state index contributed by atoms with van der Waals surface area (Å²) in [6.07, 6.45) is 0. The predicted molar refractivity (Wildman–Crippen MR) is 104 cm³/mol. The number of hydrogen-bond donors (Lipinski definition) is 3. The number of H-pyrrole nitrogens is 1. The second-order valence-electron chi connectivity index (χ2n) is 6.07. The van der Waals surface area contributed by atoms with Crippen LogP contribution in [-0.2, 0) is 6.61 Å². The van der Waals surface area contributed by atoms with Crippen molar-refractivity contribution in [3.8, 4) is 5.75 Å². The average Bonchev–Trinajstić information content (AvgIpc) is 2.97. The van der Waals surface area contributed by atoms with E-state index in [1.165, 1.54) is 0 Å². The Labute approximate surface area is 160 Å². The van der Waals surface area contributed by atoms with E-state index in [-0.39, 0.29) is 12.1 Å². The summed E-state index contributed by atoms with van der Waals surface area (Å²) in [6, 6.07) is 10.6. The summed E-state index contributed by atoms with van der Waals surface area (Å²) in [4.78, 5) is 11.8. The highest BCUT2D eigenvalue weighted by Crippen LogP contribution is 2.26. The maximum atomic E-state index is 11.8. The fourth-order valence-electron chi connectivity index (χ4n) is 2.39. The Morgan fingerprint density at radius 1 is 1.19 bits per heavy atom. The van der Waals surface area contributed by atoms with Gasteiger partial charge in [-0.3, -0.25) is 10.4 Å². The molecule has 8 heteroatoms. The second-order valence-corrected chi connectivity index (χ2v) is 6.88. The van der Waals surface area contributed by atoms with Gasteiger partial charge in [-0.25, -0.2) is 4.79 Å². The summed E-state index contributed by atoms with van der Waals surface area (Å²) in [6.45, 7) is 4.14. The van der Waals surface area contributed by atoms with E-state index < -0.39 is 0 Å². The van der Waals surface area contributed by atoms with Crippen LogP contribution >= 0.6 is 23.2 Å². The van der Waals surface area contributed by atoms with Gasteiger partial charge in [0.15, 0.2) is 5.82 Å². The van der Waals surface area contributed by atoms with E-state index in [2.05, 4.69) is 20.8 Å². The fourth-order valence-corrected chi connectivity index (χ4v) is 2.71. The molecule has 136 valence electrons. The highest BCUT2D eigenvalue weighted by atomic mass is 35.5. The Kier molecular flexibility index (Phi) is 5.54. The first kappa shape index (κ1) is 18.4. The van der Waals surface area contributed by atoms with Gasteiger partial charge < -0.3 is 10.1 Å². The van der Waals surface area contributed by atoms with Gasteiger partial charge in [-0.1, -0.05) is 29.3 Å². The molecule has 0 unspecified atom stereocenters. The van der Waals surface area contributed by atoms with E-state index in [9.17, 15) is 4.79 Å². The largest absolute Gasteiger partial charge is 0.489 e.